The van der Waals surface area contributed by atoms with E-state index in [9.17, 15) is 0 Å². The van der Waals surface area contributed by atoms with Crippen LogP contribution in [0.3, 0.4) is 0 Å². The molecule has 46 heavy (non-hydrogen) atoms. The van der Waals surface area contributed by atoms with Gasteiger partial charge in [0.25, 0.3) is 0 Å². The molecule has 0 radical (unpaired) electrons. The normalized spacial score (nSPS) is 17.0. The van der Waals surface area contributed by atoms with Crippen molar-refractivity contribution in [2.75, 3.05) is 0 Å². The number of rotatable bonds is 4. The van der Waals surface area contributed by atoms with Gasteiger partial charge in [0.05, 0.1) is 0 Å². The quantitative estimate of drug-likeness (QED) is 0.216. The summed E-state index contributed by atoms with van der Waals surface area (Å²) >= 11 is 0. The molecule has 242 valence electrons. The van der Waals surface area contributed by atoms with Gasteiger partial charge in [0, 0.05) is 0 Å². The average molecular weight is 611 g/mol. The Morgan fingerprint density at radius 3 is 0.978 bits per heavy atom. The maximum atomic E-state index is 2.72. The highest BCUT2D eigenvalue weighted by Crippen LogP contribution is 2.70. The second-order valence-electron chi connectivity index (χ2n) is 18.2. The molecule has 0 N–H and O–H groups in total. The molecule has 0 heterocycles. The lowest BCUT2D eigenvalue weighted by atomic mass is 9.39. The van der Waals surface area contributed by atoms with Gasteiger partial charge in [-0.25, -0.2) is 0 Å². The van der Waals surface area contributed by atoms with Gasteiger partial charge in [-0.05, 0) is 89.8 Å². The van der Waals surface area contributed by atoms with E-state index >= 15 is 0 Å². The van der Waals surface area contributed by atoms with Crippen molar-refractivity contribution in [3.8, 4) is 33.4 Å². The Balaban J connectivity index is 1.48. The molecule has 0 heteroatoms. The van der Waals surface area contributed by atoms with Crippen LogP contribution in [0.25, 0.3) is 39.0 Å². The van der Waals surface area contributed by atoms with E-state index in [1.54, 1.807) is 0 Å². The molecule has 0 aromatic heterocycles. The van der Waals surface area contributed by atoms with E-state index in [2.05, 4.69) is 192 Å². The molecule has 5 rings (SSSR count). The van der Waals surface area contributed by atoms with Crippen LogP contribution in [0.15, 0.2) is 109 Å². The lowest BCUT2D eigenvalue weighted by molar-refractivity contribution is -0.121. The van der Waals surface area contributed by atoms with E-state index in [1.807, 2.05) is 0 Å². The first-order valence-corrected chi connectivity index (χ1v) is 17.4. The number of hydrogen-bond acceptors (Lipinski definition) is 0. The van der Waals surface area contributed by atoms with E-state index in [4.69, 9.17) is 0 Å². The fourth-order valence-corrected chi connectivity index (χ4v) is 8.94. The molecule has 0 saturated carbocycles. The van der Waals surface area contributed by atoms with Crippen LogP contribution in [-0.4, -0.2) is 0 Å². The molecule has 0 spiro atoms. The van der Waals surface area contributed by atoms with Gasteiger partial charge in [-0.15, -0.1) is 0 Å². The summed E-state index contributed by atoms with van der Waals surface area (Å²) in [4.78, 5) is 0. The van der Waals surface area contributed by atoms with Gasteiger partial charge < -0.3 is 0 Å². The van der Waals surface area contributed by atoms with Gasteiger partial charge in [0.15, 0.2) is 0 Å². The van der Waals surface area contributed by atoms with Gasteiger partial charge in [0.1, 0.15) is 0 Å². The molecule has 0 aliphatic heterocycles. The Hall–Kier alpha value is -3.38. The second kappa shape index (κ2) is 11.7. The summed E-state index contributed by atoms with van der Waals surface area (Å²) in [6.45, 7) is 29.7. The third-order valence-corrected chi connectivity index (χ3v) is 11.8. The smallest absolute Gasteiger partial charge is 0.000946 e. The zero-order chi connectivity index (χ0) is 33.8. The molecule has 0 bridgehead atoms. The summed E-state index contributed by atoms with van der Waals surface area (Å²) in [5.41, 5.74) is 11.1. The van der Waals surface area contributed by atoms with Crippen LogP contribution in [0.2, 0.25) is 0 Å². The Labute approximate surface area is 281 Å². The molecule has 0 nitrogen and oxygen atoms in total. The summed E-state index contributed by atoms with van der Waals surface area (Å²) in [7, 11) is 0. The zero-order valence-corrected chi connectivity index (χ0v) is 30.8. The summed E-state index contributed by atoms with van der Waals surface area (Å²) in [5, 5.41) is 0. The standard InChI is InChI=1S/C46H58/c1-41(2,3)45(42(4,5)6)30-40(31-46(32-45,43(7,8)9)44(10,11)12)39-28-26-38(27-29-39)37-24-22-36(23-25-37)35-20-18-34(19-21-35)33-16-14-13-15-17-33/h13-30H,31-32H2,1-12H3. The van der Waals surface area contributed by atoms with Gasteiger partial charge in [0.2, 0.25) is 0 Å². The predicted molar refractivity (Wildman–Crippen MR) is 203 cm³/mol. The van der Waals surface area contributed by atoms with Gasteiger partial charge in [-0.1, -0.05) is 192 Å². The first kappa shape index (κ1) is 34.0. The monoisotopic (exact) mass is 610 g/mol. The Bertz CT molecular complexity index is 1620. The first-order chi connectivity index (χ1) is 21.3. The van der Waals surface area contributed by atoms with Crippen LogP contribution in [0.1, 0.15) is 101 Å². The number of allylic oxidation sites excluding steroid dienone is 2. The van der Waals surface area contributed by atoms with E-state index < -0.39 is 0 Å². The minimum absolute atomic E-state index is 0.0436. The van der Waals surface area contributed by atoms with Crippen LogP contribution in [0, 0.1) is 32.5 Å². The van der Waals surface area contributed by atoms with Crippen LogP contribution in [0.5, 0.6) is 0 Å². The van der Waals surface area contributed by atoms with E-state index in [1.165, 1.54) is 50.9 Å². The molecule has 0 amide bonds. The second-order valence-corrected chi connectivity index (χ2v) is 18.2. The van der Waals surface area contributed by atoms with Crippen LogP contribution in [0.4, 0.5) is 0 Å². The van der Waals surface area contributed by atoms with E-state index in [-0.39, 0.29) is 32.5 Å². The molecule has 0 saturated heterocycles. The SMILES string of the molecule is CC(C)(C)C1(C(C)(C)C)C=C(c2ccc(-c3ccc(-c4ccc(-c5ccccc5)cc4)cc3)cc2)CC(C(C)(C)C)(C(C)(C)C)C1. The summed E-state index contributed by atoms with van der Waals surface area (Å²) in [6.07, 6.45) is 5.02. The maximum Gasteiger partial charge on any atom is -0.000946 e. The molecule has 0 unspecified atom stereocenters. The van der Waals surface area contributed by atoms with Gasteiger partial charge in [-0.2, -0.15) is 0 Å². The molecule has 4 aromatic carbocycles. The Morgan fingerprint density at radius 1 is 0.370 bits per heavy atom. The summed E-state index contributed by atoms with van der Waals surface area (Å²) < 4.78 is 0. The largest absolute Gasteiger partial charge is 0.0734 e. The summed E-state index contributed by atoms with van der Waals surface area (Å²) in [5.74, 6) is 0. The zero-order valence-electron chi connectivity index (χ0n) is 30.8. The third kappa shape index (κ3) is 6.05. The van der Waals surface area contributed by atoms with Crippen molar-refractivity contribution in [3.63, 3.8) is 0 Å². The Morgan fingerprint density at radius 2 is 0.674 bits per heavy atom. The highest BCUT2D eigenvalue weighted by molar-refractivity contribution is 5.75. The van der Waals surface area contributed by atoms with Crippen molar-refractivity contribution >= 4 is 5.57 Å². The van der Waals surface area contributed by atoms with Crippen LogP contribution < -0.4 is 0 Å². The van der Waals surface area contributed by atoms with Crippen molar-refractivity contribution in [1.82, 2.24) is 0 Å². The molecule has 0 fully saturated rings. The maximum absolute atomic E-state index is 2.72. The molecular formula is C46H58. The van der Waals surface area contributed by atoms with Gasteiger partial charge >= 0.3 is 0 Å². The van der Waals surface area contributed by atoms with Crippen molar-refractivity contribution < 1.29 is 0 Å². The average Bonchev–Trinajstić information content (AvgIpc) is 2.99. The third-order valence-electron chi connectivity index (χ3n) is 11.8. The summed E-state index contributed by atoms with van der Waals surface area (Å²) in [6, 6.07) is 38.0. The number of benzene rings is 4. The molecule has 0 atom stereocenters. The fourth-order valence-electron chi connectivity index (χ4n) is 8.94. The minimum atomic E-state index is 0.0436. The highest BCUT2D eigenvalue weighted by Gasteiger charge is 2.61. The van der Waals surface area contributed by atoms with Gasteiger partial charge in [-0.3, -0.25) is 0 Å². The molecule has 4 aromatic rings. The van der Waals surface area contributed by atoms with Crippen molar-refractivity contribution in [2.45, 2.75) is 95.9 Å². The van der Waals surface area contributed by atoms with Crippen LogP contribution >= 0.6 is 0 Å². The van der Waals surface area contributed by atoms with Crippen LogP contribution in [-0.2, 0) is 0 Å². The predicted octanol–water partition coefficient (Wildman–Crippen LogP) is 14.0. The molecular weight excluding hydrogens is 553 g/mol. The van der Waals surface area contributed by atoms with Crippen molar-refractivity contribution in [2.24, 2.45) is 32.5 Å². The minimum Gasteiger partial charge on any atom is -0.0734 e. The molecule has 1 aliphatic rings. The van der Waals surface area contributed by atoms with Crippen molar-refractivity contribution in [3.05, 3.63) is 115 Å². The van der Waals surface area contributed by atoms with E-state index in [0.29, 0.717) is 0 Å². The topological polar surface area (TPSA) is 0 Å². The van der Waals surface area contributed by atoms with Crippen molar-refractivity contribution in [1.29, 1.82) is 0 Å². The Kier molecular flexibility index (Phi) is 8.64. The highest BCUT2D eigenvalue weighted by atomic mass is 14.7. The lowest BCUT2D eigenvalue weighted by Gasteiger charge is -2.65. The lowest BCUT2D eigenvalue weighted by Crippen LogP contribution is -2.57. The van der Waals surface area contributed by atoms with E-state index in [0.717, 1.165) is 6.42 Å². The molecule has 1 aliphatic carbocycles. The first-order valence-electron chi connectivity index (χ1n) is 17.4. The number of hydrogen-bond donors (Lipinski definition) is 0. The fraction of sp³-hybridized carbons (Fsp3) is 0.435.